The minimum absolute atomic E-state index is 0.0182. The molecule has 0 saturated carbocycles. The Hall–Kier alpha value is -2.78. The number of carbonyl (C=O) groups is 4. The summed E-state index contributed by atoms with van der Waals surface area (Å²) in [6, 6.07) is -1.01. The van der Waals surface area contributed by atoms with E-state index >= 15 is 0 Å². The van der Waals surface area contributed by atoms with Crippen LogP contribution in [0.2, 0.25) is 0 Å². The molecule has 170 valence electrons. The van der Waals surface area contributed by atoms with Crippen LogP contribution in [-0.4, -0.2) is 99.2 Å². The number of hydrogen-bond acceptors (Lipinski definition) is 12. The van der Waals surface area contributed by atoms with Crippen molar-refractivity contribution in [2.75, 3.05) is 33.0 Å². The largest absolute Gasteiger partial charge is 0.450 e. The third kappa shape index (κ3) is 6.35. The molecule has 3 rings (SSSR count). The summed E-state index contributed by atoms with van der Waals surface area (Å²) in [4.78, 5) is 59.3. The van der Waals surface area contributed by atoms with E-state index in [0.717, 1.165) is 24.7 Å². The van der Waals surface area contributed by atoms with E-state index in [1.165, 1.54) is 0 Å². The van der Waals surface area contributed by atoms with Gasteiger partial charge in [-0.15, -0.1) is 5.10 Å². The van der Waals surface area contributed by atoms with E-state index < -0.39 is 35.9 Å². The van der Waals surface area contributed by atoms with Gasteiger partial charge in [-0.05, 0) is 42.7 Å². The molecule has 1 aromatic heterocycles. The average Bonchev–Trinajstić information content (AvgIpc) is 3.43. The highest BCUT2D eigenvalue weighted by Gasteiger charge is 2.40. The smallest absolute Gasteiger partial charge is 0.375 e. The zero-order chi connectivity index (χ0) is 22.4. The topological polar surface area (TPSA) is 158 Å². The molecule has 2 atom stereocenters. The van der Waals surface area contributed by atoms with Crippen molar-refractivity contribution in [3.8, 4) is 0 Å². The summed E-state index contributed by atoms with van der Waals surface area (Å²) < 4.78 is 6.39. The van der Waals surface area contributed by atoms with Crippen molar-refractivity contribution in [1.82, 2.24) is 35.7 Å². The van der Waals surface area contributed by atoms with Gasteiger partial charge in [0.2, 0.25) is 17.2 Å². The van der Waals surface area contributed by atoms with Crippen LogP contribution in [0.25, 0.3) is 0 Å². The summed E-state index contributed by atoms with van der Waals surface area (Å²) in [5, 5.41) is 14.8. The number of carbonyl (C=O) groups excluding carboxylic acids is 4. The molecule has 2 aliphatic rings. The van der Waals surface area contributed by atoms with Gasteiger partial charge in [-0.2, -0.15) is 0 Å². The highest BCUT2D eigenvalue weighted by Crippen LogP contribution is 2.18. The first kappa shape index (κ1) is 22.9. The lowest BCUT2D eigenvalue weighted by molar-refractivity contribution is -0.306. The molecule has 0 bridgehead atoms. The number of aryl methyl sites for hydroxylation is 1. The van der Waals surface area contributed by atoms with E-state index in [4.69, 9.17) is 14.4 Å². The van der Waals surface area contributed by atoms with Crippen LogP contribution >= 0.6 is 11.8 Å². The first-order valence-corrected chi connectivity index (χ1v) is 10.5. The second-order valence-electron chi connectivity index (χ2n) is 7.07. The summed E-state index contributed by atoms with van der Waals surface area (Å²) in [5.74, 6) is -2.63. The van der Waals surface area contributed by atoms with E-state index in [1.54, 1.807) is 4.68 Å². The van der Waals surface area contributed by atoms with Gasteiger partial charge in [0.05, 0.1) is 5.75 Å². The monoisotopic (exact) mass is 457 g/mol. The number of aromatic nitrogens is 4. The summed E-state index contributed by atoms with van der Waals surface area (Å²) in [6.45, 7) is 1.29. The molecule has 2 fully saturated rings. The third-order valence-corrected chi connectivity index (χ3v) is 5.26. The van der Waals surface area contributed by atoms with Crippen molar-refractivity contribution in [2.24, 2.45) is 0 Å². The molecular weight excluding hydrogens is 434 g/mol. The second kappa shape index (κ2) is 10.5. The molecular formula is C16H23N7O7S. The van der Waals surface area contributed by atoms with Crippen LogP contribution in [0.15, 0.2) is 5.16 Å². The molecule has 0 aromatic carbocycles. The molecule has 2 saturated heterocycles. The number of ether oxygens (including phenoxy) is 1. The zero-order valence-electron chi connectivity index (χ0n) is 17.1. The van der Waals surface area contributed by atoms with E-state index in [-0.39, 0.29) is 25.2 Å². The van der Waals surface area contributed by atoms with Crippen molar-refractivity contribution >= 4 is 35.5 Å². The minimum Gasteiger partial charge on any atom is -0.450 e. The molecule has 31 heavy (non-hydrogen) atoms. The van der Waals surface area contributed by atoms with Crippen LogP contribution in [0.4, 0.5) is 0 Å². The first-order chi connectivity index (χ1) is 14.8. The first-order valence-electron chi connectivity index (χ1n) is 9.54. The van der Waals surface area contributed by atoms with Crippen molar-refractivity contribution < 1.29 is 33.6 Å². The SMILES string of the molecule is CN(C)CCCn1nnnc1SCC(=O)N[C@H]1CON(OC(=O)C2CCC(=O)O2)C1=O. The van der Waals surface area contributed by atoms with Crippen molar-refractivity contribution in [1.29, 1.82) is 0 Å². The maximum Gasteiger partial charge on any atom is 0.375 e. The number of nitrogens with zero attached hydrogens (tertiary/aromatic N) is 6. The van der Waals surface area contributed by atoms with Crippen LogP contribution < -0.4 is 5.32 Å². The van der Waals surface area contributed by atoms with E-state index in [0.29, 0.717) is 16.9 Å². The standard InChI is InChI=1S/C16H23N7O7S/c1-21(2)6-3-7-22-16(18-19-20-22)31-9-12(24)17-10-8-28-23(14(10)26)30-15(27)11-4-5-13(25)29-11/h10-11H,3-9H2,1-2H3,(H,17,24)/t10-,11?/m0/s1. The molecule has 2 amide bonds. The van der Waals surface area contributed by atoms with Gasteiger partial charge in [-0.1, -0.05) is 11.8 Å². The number of rotatable bonds is 10. The highest BCUT2D eigenvalue weighted by molar-refractivity contribution is 7.99. The quantitative estimate of drug-likeness (QED) is 0.309. The fourth-order valence-electron chi connectivity index (χ4n) is 2.75. The normalized spacial score (nSPS) is 20.9. The van der Waals surface area contributed by atoms with Crippen molar-refractivity contribution in [2.45, 2.75) is 43.1 Å². The minimum atomic E-state index is -1.07. The lowest BCUT2D eigenvalue weighted by atomic mass is 10.2. The number of nitrogens with one attached hydrogen (secondary N) is 1. The average molecular weight is 457 g/mol. The fraction of sp³-hybridized carbons (Fsp3) is 0.688. The number of cyclic esters (lactones) is 1. The third-order valence-electron chi connectivity index (χ3n) is 4.30. The van der Waals surface area contributed by atoms with Crippen molar-refractivity contribution in [3.05, 3.63) is 0 Å². The molecule has 0 radical (unpaired) electrons. The van der Waals surface area contributed by atoms with Gasteiger partial charge in [0, 0.05) is 19.4 Å². The number of thioether (sulfide) groups is 1. The number of amides is 2. The Morgan fingerprint density at radius 3 is 2.87 bits per heavy atom. The number of tetrazole rings is 1. The van der Waals surface area contributed by atoms with Gasteiger partial charge >= 0.3 is 17.8 Å². The molecule has 0 aliphatic carbocycles. The molecule has 0 spiro atoms. The lowest BCUT2D eigenvalue weighted by Gasteiger charge is -2.15. The Kier molecular flexibility index (Phi) is 7.75. The summed E-state index contributed by atoms with van der Waals surface area (Å²) in [6.07, 6.45) is 0.0493. The predicted octanol–water partition coefficient (Wildman–Crippen LogP) is -1.86. The Morgan fingerprint density at radius 1 is 1.35 bits per heavy atom. The van der Waals surface area contributed by atoms with Crippen molar-refractivity contribution in [3.63, 3.8) is 0 Å². The van der Waals surface area contributed by atoms with E-state index in [1.807, 2.05) is 19.0 Å². The van der Waals surface area contributed by atoms with Gasteiger partial charge < -0.3 is 19.8 Å². The van der Waals surface area contributed by atoms with Crippen LogP contribution in [0.3, 0.4) is 0 Å². The Balaban J connectivity index is 1.41. The number of esters is 1. The maximum absolute atomic E-state index is 12.3. The summed E-state index contributed by atoms with van der Waals surface area (Å²) in [5.41, 5.74) is 0. The van der Waals surface area contributed by atoms with Crippen LogP contribution in [0.1, 0.15) is 19.3 Å². The van der Waals surface area contributed by atoms with Crippen LogP contribution in [0.5, 0.6) is 0 Å². The highest BCUT2D eigenvalue weighted by atomic mass is 32.2. The Bertz CT molecular complexity index is 833. The molecule has 1 aromatic rings. The van der Waals surface area contributed by atoms with E-state index in [2.05, 4.69) is 20.8 Å². The second-order valence-corrected chi connectivity index (χ2v) is 8.01. The molecule has 15 heteroatoms. The van der Waals surface area contributed by atoms with Gasteiger partial charge in [0.1, 0.15) is 12.6 Å². The summed E-state index contributed by atoms with van der Waals surface area (Å²) >= 11 is 1.14. The molecule has 1 unspecified atom stereocenters. The van der Waals surface area contributed by atoms with Gasteiger partial charge in [0.15, 0.2) is 0 Å². The van der Waals surface area contributed by atoms with Gasteiger partial charge in [0.25, 0.3) is 0 Å². The number of hydroxylamine groups is 2. The molecule has 3 heterocycles. The maximum atomic E-state index is 12.3. The number of hydrogen-bond donors (Lipinski definition) is 1. The van der Waals surface area contributed by atoms with Gasteiger partial charge in [-0.3, -0.25) is 14.4 Å². The summed E-state index contributed by atoms with van der Waals surface area (Å²) in [7, 11) is 3.94. The zero-order valence-corrected chi connectivity index (χ0v) is 17.9. The molecule has 1 N–H and O–H groups in total. The lowest BCUT2D eigenvalue weighted by Crippen LogP contribution is -2.44. The predicted molar refractivity (Wildman–Crippen MR) is 102 cm³/mol. The molecule has 2 aliphatic heterocycles. The van der Waals surface area contributed by atoms with E-state index in [9.17, 15) is 19.2 Å². The van der Waals surface area contributed by atoms with Crippen LogP contribution in [0, 0.1) is 0 Å². The molecule has 14 nitrogen and oxygen atoms in total. The Labute approximate surface area is 181 Å². The Morgan fingerprint density at radius 2 is 2.16 bits per heavy atom. The van der Waals surface area contributed by atoms with Crippen LogP contribution in [-0.2, 0) is 40.1 Å². The van der Waals surface area contributed by atoms with Gasteiger partial charge in [-0.25, -0.2) is 14.3 Å². The fourth-order valence-corrected chi connectivity index (χ4v) is 3.47.